The molecule has 142 valence electrons. The van der Waals surface area contributed by atoms with Crippen molar-refractivity contribution in [3.05, 3.63) is 90.3 Å². The second kappa shape index (κ2) is 8.81. The molecule has 0 saturated carbocycles. The maximum Gasteiger partial charge on any atom is 0.254 e. The number of ether oxygens (including phenoxy) is 1. The number of pyridine rings is 1. The van der Waals surface area contributed by atoms with Crippen molar-refractivity contribution < 1.29 is 9.53 Å². The summed E-state index contributed by atoms with van der Waals surface area (Å²) in [6.07, 6.45) is 4.34. The first kappa shape index (κ1) is 18.4. The number of benzene rings is 2. The minimum atomic E-state index is 0.0430. The normalized spacial score (nSPS) is 16.1. The van der Waals surface area contributed by atoms with Gasteiger partial charge >= 0.3 is 0 Å². The Hall–Kier alpha value is -2.98. The van der Waals surface area contributed by atoms with E-state index in [-0.39, 0.29) is 5.91 Å². The van der Waals surface area contributed by atoms with Crippen molar-refractivity contribution in [3.63, 3.8) is 0 Å². The third kappa shape index (κ3) is 4.46. The monoisotopic (exact) mass is 372 g/mol. The van der Waals surface area contributed by atoms with Crippen molar-refractivity contribution in [2.24, 2.45) is 5.92 Å². The molecule has 2 aromatic carbocycles. The van der Waals surface area contributed by atoms with Gasteiger partial charge in [0, 0.05) is 43.6 Å². The molecule has 1 atom stereocenters. The summed E-state index contributed by atoms with van der Waals surface area (Å²) in [5, 5.41) is 0. The summed E-state index contributed by atoms with van der Waals surface area (Å²) in [5.74, 6) is 0.441. The van der Waals surface area contributed by atoms with Crippen molar-refractivity contribution in [2.45, 2.75) is 13.0 Å². The van der Waals surface area contributed by atoms with Gasteiger partial charge in [0.2, 0.25) is 0 Å². The van der Waals surface area contributed by atoms with Crippen LogP contribution in [0.5, 0.6) is 0 Å². The van der Waals surface area contributed by atoms with Crippen LogP contribution in [-0.2, 0) is 11.3 Å². The molecule has 1 aromatic heterocycles. The first-order chi connectivity index (χ1) is 13.8. The van der Waals surface area contributed by atoms with Crippen LogP contribution in [0.25, 0.3) is 11.1 Å². The Balaban J connectivity index is 1.52. The molecule has 1 fully saturated rings. The summed E-state index contributed by atoms with van der Waals surface area (Å²) in [5.41, 5.74) is 4.18. The lowest BCUT2D eigenvalue weighted by Gasteiger charge is -2.25. The molecule has 1 amide bonds. The number of amides is 1. The molecule has 28 heavy (non-hydrogen) atoms. The molecule has 1 saturated heterocycles. The Morgan fingerprint density at radius 2 is 1.68 bits per heavy atom. The number of hydrogen-bond acceptors (Lipinski definition) is 3. The molecule has 3 aromatic rings. The van der Waals surface area contributed by atoms with Crippen molar-refractivity contribution in [1.29, 1.82) is 0 Å². The summed E-state index contributed by atoms with van der Waals surface area (Å²) in [6.45, 7) is 2.81. The SMILES string of the molecule is O=C(c1ccncc1)N(Cc1ccc(-c2ccccc2)cc1)CC1CCOC1. The molecule has 2 heterocycles. The van der Waals surface area contributed by atoms with E-state index in [0.29, 0.717) is 24.6 Å². The zero-order chi connectivity index (χ0) is 19.2. The van der Waals surface area contributed by atoms with Crippen LogP contribution in [0.1, 0.15) is 22.3 Å². The summed E-state index contributed by atoms with van der Waals surface area (Å²) in [4.78, 5) is 19.0. The minimum absolute atomic E-state index is 0.0430. The largest absolute Gasteiger partial charge is 0.381 e. The Bertz CT molecular complexity index is 889. The molecule has 4 rings (SSSR count). The smallest absolute Gasteiger partial charge is 0.254 e. The van der Waals surface area contributed by atoms with Crippen molar-refractivity contribution in [2.75, 3.05) is 19.8 Å². The van der Waals surface area contributed by atoms with E-state index in [1.54, 1.807) is 24.5 Å². The summed E-state index contributed by atoms with van der Waals surface area (Å²) < 4.78 is 5.51. The van der Waals surface area contributed by atoms with Gasteiger partial charge in [-0.1, -0.05) is 54.6 Å². The maximum atomic E-state index is 13.1. The maximum absolute atomic E-state index is 13.1. The summed E-state index contributed by atoms with van der Waals surface area (Å²) >= 11 is 0. The second-order valence-electron chi connectivity index (χ2n) is 7.21. The number of rotatable bonds is 6. The number of hydrogen-bond donors (Lipinski definition) is 0. The van der Waals surface area contributed by atoms with Gasteiger partial charge in [0.25, 0.3) is 5.91 Å². The molecule has 0 aliphatic carbocycles. The zero-order valence-electron chi connectivity index (χ0n) is 15.8. The van der Waals surface area contributed by atoms with Gasteiger partial charge in [0.1, 0.15) is 0 Å². The van der Waals surface area contributed by atoms with Crippen LogP contribution < -0.4 is 0 Å². The Morgan fingerprint density at radius 1 is 0.964 bits per heavy atom. The minimum Gasteiger partial charge on any atom is -0.381 e. The highest BCUT2D eigenvalue weighted by atomic mass is 16.5. The molecule has 0 bridgehead atoms. The molecule has 1 aliphatic rings. The van der Waals surface area contributed by atoms with E-state index in [1.807, 2.05) is 23.1 Å². The molecule has 0 radical (unpaired) electrons. The average Bonchev–Trinajstić information content (AvgIpc) is 3.28. The second-order valence-corrected chi connectivity index (χ2v) is 7.21. The van der Waals surface area contributed by atoms with Crippen LogP contribution in [0.15, 0.2) is 79.1 Å². The predicted molar refractivity (Wildman–Crippen MR) is 110 cm³/mol. The predicted octanol–water partition coefficient (Wildman–Crippen LogP) is 4.43. The fourth-order valence-corrected chi connectivity index (χ4v) is 3.59. The van der Waals surface area contributed by atoms with Crippen LogP contribution in [-0.4, -0.2) is 35.5 Å². The quantitative estimate of drug-likeness (QED) is 0.643. The standard InChI is InChI=1S/C24H24N2O2/c27-24(23-10-13-25-14-11-23)26(17-20-12-15-28-18-20)16-19-6-8-22(9-7-19)21-4-2-1-3-5-21/h1-11,13-14,20H,12,15-18H2. The molecule has 1 unspecified atom stereocenters. The molecular weight excluding hydrogens is 348 g/mol. The molecule has 0 N–H and O–H groups in total. The van der Waals surface area contributed by atoms with Crippen molar-refractivity contribution >= 4 is 5.91 Å². The molecule has 4 heteroatoms. The van der Waals surface area contributed by atoms with E-state index in [0.717, 1.165) is 25.2 Å². The number of aromatic nitrogens is 1. The van der Waals surface area contributed by atoms with E-state index in [2.05, 4.69) is 41.4 Å². The molecule has 0 spiro atoms. The van der Waals surface area contributed by atoms with Gasteiger partial charge in [0.05, 0.1) is 6.61 Å². The highest BCUT2D eigenvalue weighted by Crippen LogP contribution is 2.22. The van der Waals surface area contributed by atoms with Crippen LogP contribution in [0.3, 0.4) is 0 Å². The third-order valence-electron chi connectivity index (χ3n) is 5.15. The van der Waals surface area contributed by atoms with E-state index in [4.69, 9.17) is 4.74 Å². The number of carbonyl (C=O) groups excluding carboxylic acids is 1. The first-order valence-electron chi connectivity index (χ1n) is 9.71. The van der Waals surface area contributed by atoms with Gasteiger partial charge < -0.3 is 9.64 Å². The highest BCUT2D eigenvalue weighted by molar-refractivity contribution is 5.94. The van der Waals surface area contributed by atoms with E-state index in [9.17, 15) is 4.79 Å². The van der Waals surface area contributed by atoms with Crippen LogP contribution in [0, 0.1) is 5.92 Å². The van der Waals surface area contributed by atoms with E-state index >= 15 is 0 Å². The van der Waals surface area contributed by atoms with Crippen LogP contribution in [0.2, 0.25) is 0 Å². The Kier molecular flexibility index (Phi) is 5.78. The van der Waals surface area contributed by atoms with E-state index < -0.39 is 0 Å². The average molecular weight is 372 g/mol. The lowest BCUT2D eigenvalue weighted by atomic mass is 10.0. The van der Waals surface area contributed by atoms with E-state index in [1.165, 1.54) is 11.1 Å². The van der Waals surface area contributed by atoms with Crippen LogP contribution >= 0.6 is 0 Å². The number of carbonyl (C=O) groups is 1. The van der Waals surface area contributed by atoms with Crippen molar-refractivity contribution in [1.82, 2.24) is 9.88 Å². The Morgan fingerprint density at radius 3 is 2.36 bits per heavy atom. The molecular formula is C24H24N2O2. The number of nitrogens with zero attached hydrogens (tertiary/aromatic N) is 2. The molecule has 1 aliphatic heterocycles. The van der Waals surface area contributed by atoms with Gasteiger partial charge in [-0.2, -0.15) is 0 Å². The fraction of sp³-hybridized carbons (Fsp3) is 0.250. The van der Waals surface area contributed by atoms with Gasteiger partial charge in [-0.15, -0.1) is 0 Å². The fourth-order valence-electron chi connectivity index (χ4n) is 3.59. The van der Waals surface area contributed by atoms with Gasteiger partial charge in [-0.05, 0) is 35.2 Å². The summed E-state index contributed by atoms with van der Waals surface area (Å²) in [6, 6.07) is 22.3. The lowest BCUT2D eigenvalue weighted by Crippen LogP contribution is -2.35. The Labute approximate surface area is 165 Å². The van der Waals surface area contributed by atoms with Gasteiger partial charge in [0.15, 0.2) is 0 Å². The van der Waals surface area contributed by atoms with Crippen LogP contribution in [0.4, 0.5) is 0 Å². The molecule has 4 nitrogen and oxygen atoms in total. The van der Waals surface area contributed by atoms with Crippen molar-refractivity contribution in [3.8, 4) is 11.1 Å². The first-order valence-corrected chi connectivity index (χ1v) is 9.71. The summed E-state index contributed by atoms with van der Waals surface area (Å²) in [7, 11) is 0. The third-order valence-corrected chi connectivity index (χ3v) is 5.15. The highest BCUT2D eigenvalue weighted by Gasteiger charge is 2.23. The van der Waals surface area contributed by atoms with Gasteiger partial charge in [-0.25, -0.2) is 0 Å². The lowest BCUT2D eigenvalue weighted by molar-refractivity contribution is 0.0706. The zero-order valence-corrected chi connectivity index (χ0v) is 15.8. The van der Waals surface area contributed by atoms with Gasteiger partial charge in [-0.3, -0.25) is 9.78 Å². The topological polar surface area (TPSA) is 42.4 Å².